The fourth-order valence-electron chi connectivity index (χ4n) is 1.67. The smallest absolute Gasteiger partial charge is 0.286 e. The van der Waals surface area contributed by atoms with Gasteiger partial charge in [-0.3, -0.25) is 25.1 Å². The molecular weight excluding hydrogens is 332 g/mol. The van der Waals surface area contributed by atoms with E-state index in [9.17, 15) is 19.7 Å². The lowest BCUT2D eigenvalue weighted by atomic mass is 10.2. The SMILES string of the molecule is NNC(=O)CCCCCn1cc([N+](=O)[O-])cc(Br)c1=O. The number of nitro groups is 1. The first-order chi connectivity index (χ1) is 9.45. The molecule has 0 atom stereocenters. The van der Waals surface area contributed by atoms with Crippen LogP contribution in [0.2, 0.25) is 0 Å². The van der Waals surface area contributed by atoms with Crippen LogP contribution >= 0.6 is 15.9 Å². The topological polar surface area (TPSA) is 120 Å². The van der Waals surface area contributed by atoms with Crippen LogP contribution in [0.15, 0.2) is 21.5 Å². The molecule has 0 saturated carbocycles. The second kappa shape index (κ2) is 7.75. The number of amides is 1. The number of hydrogen-bond acceptors (Lipinski definition) is 5. The Balaban J connectivity index is 2.57. The summed E-state index contributed by atoms with van der Waals surface area (Å²) in [5.74, 6) is 4.71. The summed E-state index contributed by atoms with van der Waals surface area (Å²) in [6, 6.07) is 1.18. The number of carbonyl (C=O) groups is 1. The third-order valence-electron chi connectivity index (χ3n) is 2.70. The summed E-state index contributed by atoms with van der Waals surface area (Å²) in [5.41, 5.74) is 1.59. The van der Waals surface area contributed by atoms with Gasteiger partial charge in [0.15, 0.2) is 0 Å². The number of carbonyl (C=O) groups excluding carboxylic acids is 1. The Morgan fingerprint density at radius 1 is 1.45 bits per heavy atom. The average molecular weight is 347 g/mol. The van der Waals surface area contributed by atoms with Gasteiger partial charge in [0.2, 0.25) is 5.91 Å². The Bertz CT molecular complexity index is 558. The molecule has 1 heterocycles. The number of hydrazine groups is 1. The number of unbranched alkanes of at least 4 members (excludes halogenated alkanes) is 2. The van der Waals surface area contributed by atoms with Crippen molar-refractivity contribution in [3.05, 3.63) is 37.2 Å². The molecule has 0 radical (unpaired) electrons. The lowest BCUT2D eigenvalue weighted by Crippen LogP contribution is -2.29. The predicted molar refractivity (Wildman–Crippen MR) is 75.9 cm³/mol. The second-order valence-corrected chi connectivity index (χ2v) is 5.03. The number of nitrogens with one attached hydrogen (secondary N) is 1. The summed E-state index contributed by atoms with van der Waals surface area (Å²) in [7, 11) is 0. The standard InChI is InChI=1S/C11H15BrN4O4/c12-9-6-8(16(19)20)7-15(11(9)18)5-3-1-2-4-10(17)14-13/h6-7H,1-5,13H2,(H,14,17). The molecule has 1 rings (SSSR count). The van der Waals surface area contributed by atoms with Crippen molar-refractivity contribution in [2.45, 2.75) is 32.2 Å². The van der Waals surface area contributed by atoms with E-state index in [0.29, 0.717) is 25.8 Å². The number of nitrogens with two attached hydrogens (primary N) is 1. The molecular formula is C11H15BrN4O4. The fraction of sp³-hybridized carbons (Fsp3) is 0.455. The van der Waals surface area contributed by atoms with Crippen LogP contribution in [-0.2, 0) is 11.3 Å². The number of rotatable bonds is 7. The van der Waals surface area contributed by atoms with Crippen molar-refractivity contribution in [3.63, 3.8) is 0 Å². The van der Waals surface area contributed by atoms with Gasteiger partial charge in [0.25, 0.3) is 11.2 Å². The van der Waals surface area contributed by atoms with Crippen LogP contribution in [0.25, 0.3) is 0 Å². The van der Waals surface area contributed by atoms with Gasteiger partial charge in [-0.25, -0.2) is 5.84 Å². The molecule has 0 saturated heterocycles. The Morgan fingerprint density at radius 2 is 2.15 bits per heavy atom. The zero-order chi connectivity index (χ0) is 15.1. The van der Waals surface area contributed by atoms with Gasteiger partial charge in [-0.2, -0.15) is 0 Å². The number of pyridine rings is 1. The van der Waals surface area contributed by atoms with Gasteiger partial charge in [-0.15, -0.1) is 0 Å². The zero-order valence-corrected chi connectivity index (χ0v) is 12.3. The molecule has 0 aliphatic heterocycles. The molecule has 0 fully saturated rings. The highest BCUT2D eigenvalue weighted by Gasteiger charge is 2.11. The van der Waals surface area contributed by atoms with Crippen LogP contribution in [0.4, 0.5) is 5.69 Å². The van der Waals surface area contributed by atoms with Crippen molar-refractivity contribution in [2.75, 3.05) is 0 Å². The lowest BCUT2D eigenvalue weighted by molar-refractivity contribution is -0.385. The molecule has 0 spiro atoms. The largest absolute Gasteiger partial charge is 0.308 e. The molecule has 1 amide bonds. The summed E-state index contributed by atoms with van der Waals surface area (Å²) < 4.78 is 1.46. The molecule has 8 nitrogen and oxygen atoms in total. The van der Waals surface area contributed by atoms with Crippen LogP contribution in [0.5, 0.6) is 0 Å². The average Bonchev–Trinajstić information content (AvgIpc) is 2.42. The van der Waals surface area contributed by atoms with Crippen LogP contribution < -0.4 is 16.8 Å². The first-order valence-corrected chi connectivity index (χ1v) is 6.79. The van der Waals surface area contributed by atoms with E-state index in [1.54, 1.807) is 0 Å². The zero-order valence-electron chi connectivity index (χ0n) is 10.7. The molecule has 20 heavy (non-hydrogen) atoms. The van der Waals surface area contributed by atoms with Gasteiger partial charge in [0.05, 0.1) is 15.6 Å². The minimum Gasteiger partial charge on any atom is -0.308 e. The number of nitrogens with zero attached hydrogens (tertiary/aromatic N) is 2. The van der Waals surface area contributed by atoms with Crippen molar-refractivity contribution >= 4 is 27.5 Å². The third-order valence-corrected chi connectivity index (χ3v) is 3.27. The number of halogens is 1. The molecule has 9 heteroatoms. The number of aryl methyl sites for hydroxylation is 1. The van der Waals surface area contributed by atoms with Gasteiger partial charge in [-0.05, 0) is 28.8 Å². The second-order valence-electron chi connectivity index (χ2n) is 4.18. The molecule has 0 bridgehead atoms. The first-order valence-electron chi connectivity index (χ1n) is 5.99. The summed E-state index contributed by atoms with van der Waals surface area (Å²) >= 11 is 3.01. The van der Waals surface area contributed by atoms with Crippen molar-refractivity contribution < 1.29 is 9.72 Å². The maximum Gasteiger partial charge on any atom is 0.286 e. The highest BCUT2D eigenvalue weighted by molar-refractivity contribution is 9.10. The lowest BCUT2D eigenvalue weighted by Gasteiger charge is -2.06. The quantitative estimate of drug-likeness (QED) is 0.251. The minimum absolute atomic E-state index is 0.140. The van der Waals surface area contributed by atoms with E-state index in [-0.39, 0.29) is 21.6 Å². The fourth-order valence-corrected chi connectivity index (χ4v) is 2.13. The third kappa shape index (κ3) is 4.74. The van der Waals surface area contributed by atoms with Gasteiger partial charge in [-0.1, -0.05) is 6.42 Å². The number of aromatic nitrogens is 1. The van der Waals surface area contributed by atoms with E-state index in [0.717, 1.165) is 6.42 Å². The van der Waals surface area contributed by atoms with E-state index < -0.39 is 4.92 Å². The first kappa shape index (κ1) is 16.3. The van der Waals surface area contributed by atoms with Crippen LogP contribution in [0, 0.1) is 10.1 Å². The Labute approximate surface area is 123 Å². The Morgan fingerprint density at radius 3 is 2.75 bits per heavy atom. The summed E-state index contributed by atoms with van der Waals surface area (Å²) in [6.45, 7) is 0.364. The van der Waals surface area contributed by atoms with Crippen LogP contribution in [0.1, 0.15) is 25.7 Å². The van der Waals surface area contributed by atoms with E-state index in [4.69, 9.17) is 5.84 Å². The molecule has 0 aliphatic carbocycles. The van der Waals surface area contributed by atoms with Crippen molar-refractivity contribution in [1.82, 2.24) is 9.99 Å². The molecule has 110 valence electrons. The molecule has 1 aromatic rings. The van der Waals surface area contributed by atoms with Gasteiger partial charge in [0.1, 0.15) is 0 Å². The van der Waals surface area contributed by atoms with E-state index >= 15 is 0 Å². The highest BCUT2D eigenvalue weighted by Crippen LogP contribution is 2.14. The molecule has 0 unspecified atom stereocenters. The van der Waals surface area contributed by atoms with Gasteiger partial charge >= 0.3 is 0 Å². The maximum atomic E-state index is 11.8. The van der Waals surface area contributed by atoms with Crippen molar-refractivity contribution in [3.8, 4) is 0 Å². The van der Waals surface area contributed by atoms with Gasteiger partial charge < -0.3 is 4.57 Å². The van der Waals surface area contributed by atoms with E-state index in [2.05, 4.69) is 15.9 Å². The molecule has 3 N–H and O–H groups in total. The number of hydrogen-bond donors (Lipinski definition) is 2. The minimum atomic E-state index is -0.549. The summed E-state index contributed by atoms with van der Waals surface area (Å²) in [6.07, 6.45) is 3.56. The normalized spacial score (nSPS) is 10.3. The summed E-state index contributed by atoms with van der Waals surface area (Å²) in [4.78, 5) is 32.8. The molecule has 0 aliphatic rings. The Hall–Kier alpha value is -1.74. The van der Waals surface area contributed by atoms with Crippen LogP contribution in [0.3, 0.4) is 0 Å². The van der Waals surface area contributed by atoms with Crippen molar-refractivity contribution in [2.24, 2.45) is 5.84 Å². The monoisotopic (exact) mass is 346 g/mol. The highest BCUT2D eigenvalue weighted by atomic mass is 79.9. The van der Waals surface area contributed by atoms with Gasteiger partial charge in [0, 0.05) is 19.0 Å². The van der Waals surface area contributed by atoms with E-state index in [1.807, 2.05) is 5.43 Å². The van der Waals surface area contributed by atoms with Crippen molar-refractivity contribution in [1.29, 1.82) is 0 Å². The predicted octanol–water partition coefficient (Wildman–Crippen LogP) is 1.07. The van der Waals surface area contributed by atoms with E-state index in [1.165, 1.54) is 16.8 Å². The molecule has 1 aromatic heterocycles. The summed E-state index contributed by atoms with van der Waals surface area (Å²) in [5, 5.41) is 10.7. The molecule has 0 aromatic carbocycles. The Kier molecular flexibility index (Phi) is 6.32. The van der Waals surface area contributed by atoms with Crippen LogP contribution in [-0.4, -0.2) is 15.4 Å². The maximum absolute atomic E-state index is 11.8.